The van der Waals surface area contributed by atoms with Crippen LogP contribution in [0.25, 0.3) is 0 Å². The summed E-state index contributed by atoms with van der Waals surface area (Å²) in [6, 6.07) is 2.14. The summed E-state index contributed by atoms with van der Waals surface area (Å²) >= 11 is 0. The van der Waals surface area contributed by atoms with E-state index in [-0.39, 0.29) is 12.1 Å². The minimum absolute atomic E-state index is 0.203. The van der Waals surface area contributed by atoms with Crippen molar-refractivity contribution in [2.75, 3.05) is 6.54 Å². The van der Waals surface area contributed by atoms with Crippen molar-refractivity contribution in [1.29, 1.82) is 0 Å². The van der Waals surface area contributed by atoms with E-state index in [0.29, 0.717) is 12.5 Å². The van der Waals surface area contributed by atoms with Crippen molar-refractivity contribution in [2.24, 2.45) is 5.92 Å². The monoisotopic (exact) mass is 211 g/mol. The number of nitrogens with one attached hydrogen (secondary N) is 2. The smallest absolute Gasteiger partial charge is 0.0667 e. The molecule has 1 aromatic rings. The molecule has 0 aliphatic rings. The van der Waals surface area contributed by atoms with E-state index < -0.39 is 0 Å². The summed E-state index contributed by atoms with van der Waals surface area (Å²) in [5.41, 5.74) is 1.05. The van der Waals surface area contributed by atoms with Gasteiger partial charge < -0.3 is 10.4 Å². The van der Waals surface area contributed by atoms with Gasteiger partial charge in [0.15, 0.2) is 0 Å². The van der Waals surface area contributed by atoms with Crippen LogP contribution in [0.5, 0.6) is 0 Å². The minimum Gasteiger partial charge on any atom is -0.392 e. The van der Waals surface area contributed by atoms with Crippen LogP contribution in [-0.4, -0.2) is 28.0 Å². The van der Waals surface area contributed by atoms with Gasteiger partial charge in [-0.2, -0.15) is 5.10 Å². The van der Waals surface area contributed by atoms with Gasteiger partial charge in [-0.1, -0.05) is 13.8 Å². The number of aromatic amines is 1. The molecule has 4 heteroatoms. The van der Waals surface area contributed by atoms with Gasteiger partial charge in [0.05, 0.1) is 11.8 Å². The Hall–Kier alpha value is -0.870. The second-order valence-electron chi connectivity index (χ2n) is 4.43. The van der Waals surface area contributed by atoms with Crippen molar-refractivity contribution >= 4 is 0 Å². The molecule has 1 heterocycles. The Morgan fingerprint density at radius 1 is 1.47 bits per heavy atom. The zero-order chi connectivity index (χ0) is 11.3. The number of nitrogens with zero attached hydrogens (tertiary/aromatic N) is 1. The second-order valence-corrected chi connectivity index (χ2v) is 4.43. The van der Waals surface area contributed by atoms with E-state index in [1.807, 2.05) is 6.07 Å². The van der Waals surface area contributed by atoms with Gasteiger partial charge in [0.2, 0.25) is 0 Å². The van der Waals surface area contributed by atoms with Gasteiger partial charge >= 0.3 is 0 Å². The first-order valence-corrected chi connectivity index (χ1v) is 5.50. The molecule has 0 radical (unpaired) electrons. The van der Waals surface area contributed by atoms with Crippen molar-refractivity contribution in [1.82, 2.24) is 15.5 Å². The lowest BCUT2D eigenvalue weighted by Crippen LogP contribution is -2.30. The van der Waals surface area contributed by atoms with Crippen LogP contribution in [0.2, 0.25) is 0 Å². The van der Waals surface area contributed by atoms with Crippen LogP contribution in [0.1, 0.15) is 38.9 Å². The third-order valence-electron chi connectivity index (χ3n) is 2.39. The summed E-state index contributed by atoms with van der Waals surface area (Å²) < 4.78 is 0. The molecule has 86 valence electrons. The van der Waals surface area contributed by atoms with E-state index in [1.165, 1.54) is 0 Å². The Balaban J connectivity index is 2.25. The van der Waals surface area contributed by atoms with Crippen LogP contribution in [0.15, 0.2) is 12.3 Å². The normalized spacial score (nSPS) is 15.5. The largest absolute Gasteiger partial charge is 0.392 e. The van der Waals surface area contributed by atoms with Crippen molar-refractivity contribution in [3.63, 3.8) is 0 Å². The molecule has 1 rings (SSSR count). The quantitative estimate of drug-likeness (QED) is 0.667. The summed E-state index contributed by atoms with van der Waals surface area (Å²) in [4.78, 5) is 0. The Morgan fingerprint density at radius 3 is 2.73 bits per heavy atom. The van der Waals surface area contributed by atoms with Crippen LogP contribution >= 0.6 is 0 Å². The van der Waals surface area contributed by atoms with E-state index >= 15 is 0 Å². The van der Waals surface area contributed by atoms with Gasteiger partial charge in [-0.05, 0) is 25.3 Å². The van der Waals surface area contributed by atoms with Crippen molar-refractivity contribution in [3.05, 3.63) is 18.0 Å². The van der Waals surface area contributed by atoms with Gasteiger partial charge in [-0.3, -0.25) is 5.10 Å². The highest BCUT2D eigenvalue weighted by Crippen LogP contribution is 2.09. The van der Waals surface area contributed by atoms with Crippen molar-refractivity contribution in [3.8, 4) is 0 Å². The fourth-order valence-electron chi connectivity index (χ4n) is 1.56. The molecule has 2 atom stereocenters. The van der Waals surface area contributed by atoms with Gasteiger partial charge in [-0.25, -0.2) is 0 Å². The first-order chi connectivity index (χ1) is 7.09. The molecule has 0 aliphatic carbocycles. The Kier molecular flexibility index (Phi) is 4.78. The number of rotatable bonds is 6. The first-order valence-electron chi connectivity index (χ1n) is 5.50. The molecule has 2 unspecified atom stereocenters. The fourth-order valence-corrected chi connectivity index (χ4v) is 1.56. The number of hydrogen-bond donors (Lipinski definition) is 3. The van der Waals surface area contributed by atoms with E-state index in [9.17, 15) is 5.11 Å². The Bertz CT molecular complexity index is 259. The van der Waals surface area contributed by atoms with E-state index in [1.54, 1.807) is 6.20 Å². The zero-order valence-electron chi connectivity index (χ0n) is 9.70. The van der Waals surface area contributed by atoms with Crippen LogP contribution in [0.3, 0.4) is 0 Å². The lowest BCUT2D eigenvalue weighted by Gasteiger charge is -2.17. The van der Waals surface area contributed by atoms with Crippen LogP contribution in [-0.2, 0) is 0 Å². The molecule has 1 aromatic heterocycles. The standard InChI is InChI=1S/C11H21N3O/c1-8(2)6-10(15)7-12-9(3)11-4-5-13-14-11/h4-5,8-10,12,15H,6-7H2,1-3H3,(H,13,14). The number of aliphatic hydroxyl groups excluding tert-OH is 1. The predicted molar refractivity (Wildman–Crippen MR) is 60.5 cm³/mol. The van der Waals surface area contributed by atoms with Crippen molar-refractivity contribution < 1.29 is 5.11 Å². The summed E-state index contributed by atoms with van der Waals surface area (Å²) in [5, 5.41) is 19.7. The summed E-state index contributed by atoms with van der Waals surface area (Å²) in [6.07, 6.45) is 2.30. The highest BCUT2D eigenvalue weighted by molar-refractivity contribution is 5.02. The predicted octanol–water partition coefficient (Wildman–Crippen LogP) is 1.47. The third kappa shape index (κ3) is 4.44. The maximum absolute atomic E-state index is 9.68. The number of hydrogen-bond acceptors (Lipinski definition) is 3. The minimum atomic E-state index is -0.268. The lowest BCUT2D eigenvalue weighted by molar-refractivity contribution is 0.143. The van der Waals surface area contributed by atoms with Gasteiger partial charge in [-0.15, -0.1) is 0 Å². The third-order valence-corrected chi connectivity index (χ3v) is 2.39. The zero-order valence-corrected chi connectivity index (χ0v) is 9.70. The summed E-state index contributed by atoms with van der Waals surface area (Å²) in [7, 11) is 0. The molecular formula is C11H21N3O. The second kappa shape index (κ2) is 5.88. The summed E-state index contributed by atoms with van der Waals surface area (Å²) in [6.45, 7) is 6.90. The van der Waals surface area contributed by atoms with Crippen LogP contribution in [0.4, 0.5) is 0 Å². The molecule has 0 bridgehead atoms. The molecule has 3 N–H and O–H groups in total. The number of aliphatic hydroxyl groups is 1. The van der Waals surface area contributed by atoms with Gasteiger partial charge in [0.25, 0.3) is 0 Å². The lowest BCUT2D eigenvalue weighted by atomic mass is 10.1. The molecule has 0 aromatic carbocycles. The van der Waals surface area contributed by atoms with Gasteiger partial charge in [0, 0.05) is 18.8 Å². The fraction of sp³-hybridized carbons (Fsp3) is 0.727. The molecule has 0 saturated carbocycles. The highest BCUT2D eigenvalue weighted by Gasteiger charge is 2.10. The topological polar surface area (TPSA) is 60.9 Å². The molecule has 0 fully saturated rings. The van der Waals surface area contributed by atoms with Crippen LogP contribution in [0, 0.1) is 5.92 Å². The average Bonchev–Trinajstić information content (AvgIpc) is 2.65. The first kappa shape index (κ1) is 12.2. The number of H-pyrrole nitrogens is 1. The maximum atomic E-state index is 9.68. The molecule has 0 spiro atoms. The molecule has 4 nitrogen and oxygen atoms in total. The molecular weight excluding hydrogens is 190 g/mol. The molecule has 0 aliphatic heterocycles. The summed E-state index contributed by atoms with van der Waals surface area (Å²) in [5.74, 6) is 0.532. The van der Waals surface area contributed by atoms with E-state index in [4.69, 9.17) is 0 Å². The van der Waals surface area contributed by atoms with E-state index in [0.717, 1.165) is 12.1 Å². The molecule has 0 saturated heterocycles. The van der Waals surface area contributed by atoms with E-state index in [2.05, 4.69) is 36.3 Å². The Labute approximate surface area is 91.1 Å². The molecule has 0 amide bonds. The molecule has 15 heavy (non-hydrogen) atoms. The van der Waals surface area contributed by atoms with Crippen molar-refractivity contribution in [2.45, 2.75) is 39.3 Å². The van der Waals surface area contributed by atoms with Crippen LogP contribution < -0.4 is 5.32 Å². The number of aromatic nitrogens is 2. The Morgan fingerprint density at radius 2 is 2.20 bits per heavy atom. The average molecular weight is 211 g/mol. The SMILES string of the molecule is CC(C)CC(O)CNC(C)c1ccn[nH]1. The maximum Gasteiger partial charge on any atom is 0.0667 e. The highest BCUT2D eigenvalue weighted by atomic mass is 16.3. The van der Waals surface area contributed by atoms with Gasteiger partial charge in [0.1, 0.15) is 0 Å².